The van der Waals surface area contributed by atoms with E-state index in [1.807, 2.05) is 37.3 Å². The number of ether oxygens (including phenoxy) is 1. The van der Waals surface area contributed by atoms with Crippen LogP contribution in [-0.2, 0) is 19.9 Å². The third-order valence-electron chi connectivity index (χ3n) is 6.03. The van der Waals surface area contributed by atoms with E-state index in [9.17, 15) is 14.7 Å². The molecule has 5 heteroatoms. The SMILES string of the molecule is Cc1ccc(-c2ccc(C3(C4CCCCC4)OC(=O)C(O)C3=O)c(Cl)c2)cc1. The molecule has 2 aromatic rings. The quantitative estimate of drug-likeness (QED) is 0.607. The summed E-state index contributed by atoms with van der Waals surface area (Å²) in [5.41, 5.74) is 2.09. The van der Waals surface area contributed by atoms with Crippen LogP contribution in [0, 0.1) is 12.8 Å². The van der Waals surface area contributed by atoms with Crippen LogP contribution in [0.2, 0.25) is 5.02 Å². The Morgan fingerprint density at radius 2 is 1.64 bits per heavy atom. The molecule has 2 atom stereocenters. The first kappa shape index (κ1) is 19.2. The van der Waals surface area contributed by atoms with Gasteiger partial charge in [-0.2, -0.15) is 0 Å². The molecule has 4 nitrogen and oxygen atoms in total. The maximum absolute atomic E-state index is 13.0. The first-order valence-electron chi connectivity index (χ1n) is 9.76. The Labute approximate surface area is 169 Å². The summed E-state index contributed by atoms with van der Waals surface area (Å²) in [6.07, 6.45) is 2.81. The highest BCUT2D eigenvalue weighted by atomic mass is 35.5. The minimum absolute atomic E-state index is 0.169. The van der Waals surface area contributed by atoms with Crippen molar-refractivity contribution in [1.82, 2.24) is 0 Å². The standard InChI is InChI=1S/C23H23ClO4/c1-14-7-9-15(10-8-14)16-11-12-18(19(24)13-16)23(17-5-3-2-4-6-17)21(26)20(25)22(27)28-23/h7-13,17,20,25H,2-6H2,1H3. The topological polar surface area (TPSA) is 63.6 Å². The number of aryl methyl sites for hydroxylation is 1. The highest BCUT2D eigenvalue weighted by Crippen LogP contribution is 2.49. The zero-order chi connectivity index (χ0) is 19.9. The second-order valence-electron chi connectivity index (χ2n) is 7.82. The minimum Gasteiger partial charge on any atom is -0.443 e. The van der Waals surface area contributed by atoms with Gasteiger partial charge >= 0.3 is 5.97 Å². The van der Waals surface area contributed by atoms with E-state index in [1.54, 1.807) is 12.1 Å². The van der Waals surface area contributed by atoms with Crippen LogP contribution in [0.5, 0.6) is 0 Å². The van der Waals surface area contributed by atoms with E-state index < -0.39 is 23.5 Å². The van der Waals surface area contributed by atoms with Crippen molar-refractivity contribution in [3.05, 3.63) is 58.6 Å². The zero-order valence-electron chi connectivity index (χ0n) is 15.8. The zero-order valence-corrected chi connectivity index (χ0v) is 16.5. The molecule has 2 aromatic carbocycles. The van der Waals surface area contributed by atoms with Crippen molar-refractivity contribution in [3.8, 4) is 11.1 Å². The molecule has 0 bridgehead atoms. The summed E-state index contributed by atoms with van der Waals surface area (Å²) >= 11 is 6.63. The van der Waals surface area contributed by atoms with Gasteiger partial charge in [0.05, 0.1) is 0 Å². The molecular formula is C23H23ClO4. The lowest BCUT2D eigenvalue weighted by Gasteiger charge is -2.37. The molecule has 0 radical (unpaired) electrons. The van der Waals surface area contributed by atoms with Crippen molar-refractivity contribution in [2.45, 2.75) is 50.7 Å². The number of hydrogen-bond acceptors (Lipinski definition) is 4. The lowest BCUT2D eigenvalue weighted by molar-refractivity contribution is -0.161. The van der Waals surface area contributed by atoms with E-state index in [-0.39, 0.29) is 5.92 Å². The predicted octanol–water partition coefficient (Wildman–Crippen LogP) is 4.58. The molecule has 146 valence electrons. The van der Waals surface area contributed by atoms with Crippen molar-refractivity contribution >= 4 is 23.4 Å². The van der Waals surface area contributed by atoms with Gasteiger partial charge in [-0.1, -0.05) is 72.8 Å². The normalized spacial score (nSPS) is 25.8. The number of aliphatic hydroxyl groups excluding tert-OH is 1. The number of ketones is 1. The maximum atomic E-state index is 13.0. The van der Waals surface area contributed by atoms with Crippen LogP contribution in [0.3, 0.4) is 0 Å². The molecule has 0 amide bonds. The Bertz CT molecular complexity index is 915. The van der Waals surface area contributed by atoms with Gasteiger partial charge in [-0.3, -0.25) is 4.79 Å². The molecule has 1 aliphatic carbocycles. The Balaban J connectivity index is 1.80. The van der Waals surface area contributed by atoms with Crippen LogP contribution in [0.4, 0.5) is 0 Å². The van der Waals surface area contributed by atoms with Crippen LogP contribution in [0.25, 0.3) is 11.1 Å². The fraction of sp³-hybridized carbons (Fsp3) is 0.391. The van der Waals surface area contributed by atoms with E-state index in [1.165, 1.54) is 5.56 Å². The number of halogens is 1. The fourth-order valence-corrected chi connectivity index (χ4v) is 4.84. The minimum atomic E-state index is -1.74. The Morgan fingerprint density at radius 3 is 2.21 bits per heavy atom. The second-order valence-corrected chi connectivity index (χ2v) is 8.23. The summed E-state index contributed by atoms with van der Waals surface area (Å²) in [6.45, 7) is 2.03. The third kappa shape index (κ3) is 3.05. The van der Waals surface area contributed by atoms with Crippen LogP contribution < -0.4 is 0 Å². The number of Topliss-reactive ketones (excluding diaryl/α,β-unsaturated/α-hetero) is 1. The third-order valence-corrected chi connectivity index (χ3v) is 6.35. The molecule has 0 spiro atoms. The van der Waals surface area contributed by atoms with Crippen LogP contribution in [0.15, 0.2) is 42.5 Å². The molecule has 0 aromatic heterocycles. The highest BCUT2D eigenvalue weighted by molar-refractivity contribution is 6.32. The van der Waals surface area contributed by atoms with Gasteiger partial charge < -0.3 is 9.84 Å². The van der Waals surface area contributed by atoms with E-state index in [2.05, 4.69) is 0 Å². The molecule has 1 aliphatic heterocycles. The number of benzene rings is 2. The van der Waals surface area contributed by atoms with Crippen LogP contribution in [0.1, 0.15) is 43.2 Å². The summed E-state index contributed by atoms with van der Waals surface area (Å²) in [7, 11) is 0. The molecule has 2 aliphatic rings. The van der Waals surface area contributed by atoms with E-state index in [0.717, 1.165) is 43.2 Å². The number of aliphatic hydroxyl groups is 1. The van der Waals surface area contributed by atoms with Gasteiger partial charge in [0.1, 0.15) is 0 Å². The van der Waals surface area contributed by atoms with Crippen molar-refractivity contribution in [1.29, 1.82) is 0 Å². The molecule has 28 heavy (non-hydrogen) atoms. The molecule has 2 fully saturated rings. The lowest BCUT2D eigenvalue weighted by atomic mass is 9.71. The maximum Gasteiger partial charge on any atom is 0.344 e. The highest BCUT2D eigenvalue weighted by Gasteiger charge is 2.60. The van der Waals surface area contributed by atoms with Gasteiger partial charge in [0, 0.05) is 16.5 Å². The molecule has 2 unspecified atom stereocenters. The molecule has 1 N–H and O–H groups in total. The average Bonchev–Trinajstić information content (AvgIpc) is 2.94. The van der Waals surface area contributed by atoms with Crippen molar-refractivity contribution in [3.63, 3.8) is 0 Å². The van der Waals surface area contributed by atoms with E-state index in [0.29, 0.717) is 10.6 Å². The van der Waals surface area contributed by atoms with Crippen molar-refractivity contribution < 1.29 is 19.4 Å². The number of esters is 1. The summed E-state index contributed by atoms with van der Waals surface area (Å²) < 4.78 is 5.62. The van der Waals surface area contributed by atoms with Gasteiger partial charge in [0.25, 0.3) is 0 Å². The summed E-state index contributed by atoms with van der Waals surface area (Å²) in [4.78, 5) is 25.1. The Hall–Kier alpha value is -2.17. The predicted molar refractivity (Wildman–Crippen MR) is 107 cm³/mol. The summed E-state index contributed by atoms with van der Waals surface area (Å²) in [5.74, 6) is -1.64. The van der Waals surface area contributed by atoms with Crippen LogP contribution in [-0.4, -0.2) is 23.0 Å². The van der Waals surface area contributed by atoms with Gasteiger partial charge in [-0.25, -0.2) is 4.79 Å². The molecule has 1 heterocycles. The largest absolute Gasteiger partial charge is 0.443 e. The molecule has 1 saturated heterocycles. The summed E-state index contributed by atoms with van der Waals surface area (Å²) in [5, 5.41) is 10.5. The molecular weight excluding hydrogens is 376 g/mol. The van der Waals surface area contributed by atoms with Crippen LogP contribution >= 0.6 is 11.6 Å². The summed E-state index contributed by atoms with van der Waals surface area (Å²) in [6, 6.07) is 13.6. The Kier molecular flexibility index (Phi) is 5.02. The average molecular weight is 399 g/mol. The van der Waals surface area contributed by atoms with Gasteiger partial charge in [0.2, 0.25) is 17.5 Å². The van der Waals surface area contributed by atoms with Gasteiger partial charge in [-0.15, -0.1) is 0 Å². The lowest BCUT2D eigenvalue weighted by Crippen LogP contribution is -2.44. The number of hydrogen-bond donors (Lipinski definition) is 1. The smallest absolute Gasteiger partial charge is 0.344 e. The second kappa shape index (κ2) is 7.34. The molecule has 1 saturated carbocycles. The Morgan fingerprint density at radius 1 is 1.00 bits per heavy atom. The fourth-order valence-electron chi connectivity index (χ4n) is 4.52. The number of cyclic esters (lactones) is 1. The molecule has 4 rings (SSSR count). The number of carbonyl (C=O) groups is 2. The van der Waals surface area contributed by atoms with E-state index >= 15 is 0 Å². The van der Waals surface area contributed by atoms with Crippen molar-refractivity contribution in [2.24, 2.45) is 5.92 Å². The first-order chi connectivity index (χ1) is 13.4. The van der Waals surface area contributed by atoms with Gasteiger partial charge in [-0.05, 0) is 37.0 Å². The monoisotopic (exact) mass is 398 g/mol. The van der Waals surface area contributed by atoms with Gasteiger partial charge in [0.15, 0.2) is 0 Å². The number of carbonyl (C=O) groups excluding carboxylic acids is 2. The first-order valence-corrected chi connectivity index (χ1v) is 10.1. The van der Waals surface area contributed by atoms with E-state index in [4.69, 9.17) is 16.3 Å². The van der Waals surface area contributed by atoms with Crippen molar-refractivity contribution in [2.75, 3.05) is 0 Å². The number of rotatable bonds is 3.